The summed E-state index contributed by atoms with van der Waals surface area (Å²) in [5.41, 5.74) is 6.53. The van der Waals surface area contributed by atoms with E-state index in [2.05, 4.69) is 11.8 Å². The van der Waals surface area contributed by atoms with Crippen LogP contribution in [0.1, 0.15) is 16.6 Å². The van der Waals surface area contributed by atoms with Crippen molar-refractivity contribution in [3.05, 3.63) is 29.1 Å². The van der Waals surface area contributed by atoms with Gasteiger partial charge in [-0.1, -0.05) is 6.92 Å². The number of hydrogen-bond acceptors (Lipinski definition) is 4. The number of nitrogen functional groups attached to an aromatic ring is 1. The molecule has 2 heterocycles. The molecular weight excluding hydrogens is 270 g/mol. The van der Waals surface area contributed by atoms with Crippen LogP contribution in [0.15, 0.2) is 24.3 Å². The summed E-state index contributed by atoms with van der Waals surface area (Å²) in [7, 11) is 0. The Kier molecular flexibility index (Phi) is 3.63. The predicted octanol–water partition coefficient (Wildman–Crippen LogP) is 2.26. The minimum atomic E-state index is 0.153. The number of anilines is 1. The van der Waals surface area contributed by atoms with Crippen LogP contribution in [0, 0.1) is 0 Å². The molecule has 2 aromatic rings. The molecule has 0 aliphatic carbocycles. The van der Waals surface area contributed by atoms with Crippen LogP contribution in [0.3, 0.4) is 0 Å². The molecule has 5 heteroatoms. The Bertz CT molecular complexity index is 629. The molecule has 106 valence electrons. The van der Waals surface area contributed by atoms with Gasteiger partial charge in [-0.15, -0.1) is 11.3 Å². The molecule has 1 saturated heterocycles. The summed E-state index contributed by atoms with van der Waals surface area (Å²) in [6.07, 6.45) is 0. The van der Waals surface area contributed by atoms with Crippen LogP contribution in [0.4, 0.5) is 5.69 Å². The van der Waals surface area contributed by atoms with Gasteiger partial charge in [0.2, 0.25) is 0 Å². The standard InChI is InChI=1S/C15H19N3OS/c1-2-17-5-7-18(8-6-17)15(19)14-10-11-9-12(16)3-4-13(11)20-14/h3-4,9-10H,2,5-8,16H2,1H3. The number of rotatable bonds is 2. The minimum Gasteiger partial charge on any atom is -0.399 e. The van der Waals surface area contributed by atoms with Crippen molar-refractivity contribution >= 4 is 33.0 Å². The van der Waals surface area contributed by atoms with Gasteiger partial charge in [0, 0.05) is 36.6 Å². The Morgan fingerprint density at radius 2 is 2.00 bits per heavy atom. The second kappa shape index (κ2) is 5.42. The van der Waals surface area contributed by atoms with Gasteiger partial charge < -0.3 is 15.5 Å². The first-order chi connectivity index (χ1) is 9.67. The molecule has 0 unspecified atom stereocenters. The van der Waals surface area contributed by atoms with Crippen LogP contribution in [-0.4, -0.2) is 48.4 Å². The average Bonchev–Trinajstić information content (AvgIpc) is 2.89. The molecule has 20 heavy (non-hydrogen) atoms. The molecule has 0 radical (unpaired) electrons. The first kappa shape index (κ1) is 13.4. The van der Waals surface area contributed by atoms with E-state index in [1.165, 1.54) is 0 Å². The number of piperazine rings is 1. The van der Waals surface area contributed by atoms with E-state index in [-0.39, 0.29) is 5.91 Å². The number of nitrogens with two attached hydrogens (primary N) is 1. The molecule has 0 spiro atoms. The maximum Gasteiger partial charge on any atom is 0.264 e. The molecule has 1 aromatic carbocycles. The van der Waals surface area contributed by atoms with Crippen molar-refractivity contribution in [2.45, 2.75) is 6.92 Å². The van der Waals surface area contributed by atoms with Gasteiger partial charge in [-0.3, -0.25) is 4.79 Å². The van der Waals surface area contributed by atoms with E-state index in [4.69, 9.17) is 5.73 Å². The van der Waals surface area contributed by atoms with Crippen molar-refractivity contribution in [2.24, 2.45) is 0 Å². The van der Waals surface area contributed by atoms with E-state index in [0.717, 1.165) is 53.4 Å². The van der Waals surface area contributed by atoms with E-state index in [0.29, 0.717) is 0 Å². The summed E-state index contributed by atoms with van der Waals surface area (Å²) in [6, 6.07) is 7.76. The summed E-state index contributed by atoms with van der Waals surface area (Å²) in [6.45, 7) is 6.81. The molecule has 3 rings (SSSR count). The molecule has 1 aliphatic rings. The number of thiophene rings is 1. The average molecular weight is 289 g/mol. The lowest BCUT2D eigenvalue weighted by Gasteiger charge is -2.33. The van der Waals surface area contributed by atoms with E-state index in [1.54, 1.807) is 11.3 Å². The van der Waals surface area contributed by atoms with Crippen LogP contribution in [0.25, 0.3) is 10.1 Å². The largest absolute Gasteiger partial charge is 0.399 e. The zero-order valence-corrected chi connectivity index (χ0v) is 12.4. The molecule has 1 amide bonds. The summed E-state index contributed by atoms with van der Waals surface area (Å²) in [4.78, 5) is 17.7. The number of likely N-dealkylation sites (N-methyl/N-ethyl adjacent to an activating group) is 1. The van der Waals surface area contributed by atoms with E-state index in [9.17, 15) is 4.79 Å². The lowest BCUT2D eigenvalue weighted by molar-refractivity contribution is 0.0648. The van der Waals surface area contributed by atoms with Gasteiger partial charge >= 0.3 is 0 Å². The van der Waals surface area contributed by atoms with Crippen LogP contribution in [0.5, 0.6) is 0 Å². The fourth-order valence-electron chi connectivity index (χ4n) is 2.59. The number of benzene rings is 1. The normalized spacial score (nSPS) is 16.8. The molecule has 1 aromatic heterocycles. The quantitative estimate of drug-likeness (QED) is 0.863. The maximum atomic E-state index is 12.5. The third-order valence-electron chi connectivity index (χ3n) is 3.86. The fraction of sp³-hybridized carbons (Fsp3) is 0.400. The molecule has 1 aliphatic heterocycles. The number of carbonyl (C=O) groups excluding carboxylic acids is 1. The van der Waals surface area contributed by atoms with E-state index in [1.807, 2.05) is 29.2 Å². The third-order valence-corrected chi connectivity index (χ3v) is 4.96. The topological polar surface area (TPSA) is 49.6 Å². The van der Waals surface area contributed by atoms with Crippen LogP contribution in [-0.2, 0) is 0 Å². The third kappa shape index (κ3) is 2.51. The van der Waals surface area contributed by atoms with Crippen LogP contribution in [0.2, 0.25) is 0 Å². The van der Waals surface area contributed by atoms with Gasteiger partial charge in [-0.05, 0) is 36.2 Å². The summed E-state index contributed by atoms with van der Waals surface area (Å²) >= 11 is 1.55. The number of hydrogen-bond donors (Lipinski definition) is 1. The first-order valence-electron chi connectivity index (χ1n) is 6.98. The smallest absolute Gasteiger partial charge is 0.264 e. The molecule has 0 atom stereocenters. The highest BCUT2D eigenvalue weighted by Crippen LogP contribution is 2.28. The highest BCUT2D eigenvalue weighted by Gasteiger charge is 2.22. The number of carbonyl (C=O) groups is 1. The second-order valence-corrected chi connectivity index (χ2v) is 6.22. The van der Waals surface area contributed by atoms with Crippen molar-refractivity contribution in [3.8, 4) is 0 Å². The Hall–Kier alpha value is -1.59. The van der Waals surface area contributed by atoms with Gasteiger partial charge in [0.05, 0.1) is 4.88 Å². The van der Waals surface area contributed by atoms with Gasteiger partial charge in [-0.25, -0.2) is 0 Å². The zero-order valence-electron chi connectivity index (χ0n) is 11.6. The Morgan fingerprint density at radius 3 is 2.70 bits per heavy atom. The lowest BCUT2D eigenvalue weighted by atomic mass is 10.2. The number of amides is 1. The maximum absolute atomic E-state index is 12.5. The predicted molar refractivity (Wildman–Crippen MR) is 84.3 cm³/mol. The molecule has 0 saturated carbocycles. The highest BCUT2D eigenvalue weighted by atomic mass is 32.1. The Morgan fingerprint density at radius 1 is 1.25 bits per heavy atom. The van der Waals surface area contributed by atoms with E-state index >= 15 is 0 Å². The molecule has 2 N–H and O–H groups in total. The molecule has 1 fully saturated rings. The fourth-order valence-corrected chi connectivity index (χ4v) is 3.60. The van der Waals surface area contributed by atoms with Crippen molar-refractivity contribution in [1.82, 2.24) is 9.80 Å². The van der Waals surface area contributed by atoms with Crippen molar-refractivity contribution in [2.75, 3.05) is 38.5 Å². The Balaban J connectivity index is 1.79. The Labute approximate surface area is 122 Å². The van der Waals surface area contributed by atoms with E-state index < -0.39 is 0 Å². The molecular formula is C15H19N3OS. The lowest BCUT2D eigenvalue weighted by Crippen LogP contribution is -2.48. The highest BCUT2D eigenvalue weighted by molar-refractivity contribution is 7.20. The SMILES string of the molecule is CCN1CCN(C(=O)c2cc3cc(N)ccc3s2)CC1. The van der Waals surface area contributed by atoms with Crippen LogP contribution >= 0.6 is 11.3 Å². The van der Waals surface area contributed by atoms with Gasteiger partial charge in [-0.2, -0.15) is 0 Å². The monoisotopic (exact) mass is 289 g/mol. The number of nitrogens with zero attached hydrogens (tertiary/aromatic N) is 2. The second-order valence-electron chi connectivity index (χ2n) is 5.13. The van der Waals surface area contributed by atoms with Gasteiger partial charge in [0.1, 0.15) is 0 Å². The minimum absolute atomic E-state index is 0.153. The van der Waals surface area contributed by atoms with Crippen LogP contribution < -0.4 is 5.73 Å². The molecule has 4 nitrogen and oxygen atoms in total. The van der Waals surface area contributed by atoms with Gasteiger partial charge in [0.15, 0.2) is 0 Å². The summed E-state index contributed by atoms with van der Waals surface area (Å²) in [5, 5.41) is 1.06. The summed E-state index contributed by atoms with van der Waals surface area (Å²) < 4.78 is 1.12. The summed E-state index contributed by atoms with van der Waals surface area (Å²) in [5.74, 6) is 0.153. The van der Waals surface area contributed by atoms with Crippen molar-refractivity contribution in [3.63, 3.8) is 0 Å². The first-order valence-corrected chi connectivity index (χ1v) is 7.79. The van der Waals surface area contributed by atoms with Gasteiger partial charge in [0.25, 0.3) is 5.91 Å². The number of fused-ring (bicyclic) bond motifs is 1. The van der Waals surface area contributed by atoms with Crippen molar-refractivity contribution in [1.29, 1.82) is 0 Å². The molecule has 0 bridgehead atoms. The van der Waals surface area contributed by atoms with Crippen molar-refractivity contribution < 1.29 is 4.79 Å². The zero-order chi connectivity index (χ0) is 14.1.